The molecule has 0 fully saturated rings. The van der Waals surface area contributed by atoms with E-state index in [1.54, 1.807) is 12.1 Å². The molecule has 57 heavy (non-hydrogen) atoms. The van der Waals surface area contributed by atoms with Gasteiger partial charge in [-0.25, -0.2) is 5.84 Å². The number of nitrogens with two attached hydrogens (primary N) is 1. The van der Waals surface area contributed by atoms with Gasteiger partial charge in [0.25, 0.3) is 5.91 Å². The molecule has 0 aliphatic rings. The van der Waals surface area contributed by atoms with Gasteiger partial charge in [0.05, 0.1) is 0 Å². The lowest BCUT2D eigenvalue weighted by molar-refractivity contribution is 0.0952. The van der Waals surface area contributed by atoms with E-state index in [0.717, 1.165) is 61.6 Å². The van der Waals surface area contributed by atoms with Crippen molar-refractivity contribution in [1.29, 1.82) is 0 Å². The Morgan fingerprint density at radius 2 is 0.789 bits per heavy atom. The van der Waals surface area contributed by atoms with Crippen LogP contribution in [-0.4, -0.2) is 5.91 Å². The van der Waals surface area contributed by atoms with Crippen LogP contribution in [-0.2, 0) is 33.0 Å². The van der Waals surface area contributed by atoms with Crippen LogP contribution in [0.3, 0.4) is 0 Å². The third-order valence-corrected chi connectivity index (χ3v) is 10.4. The molecule has 0 saturated heterocycles. The third kappa shape index (κ3) is 10.3. The van der Waals surface area contributed by atoms with Crippen molar-refractivity contribution in [2.45, 2.75) is 81.5 Å². The molecule has 0 unspecified atom stereocenters. The molecule has 0 saturated carbocycles. The van der Waals surface area contributed by atoms with Crippen LogP contribution in [0, 0.1) is 48.5 Å². The lowest BCUT2D eigenvalue weighted by Gasteiger charge is -2.20. The molecule has 3 N–H and O–H groups in total. The molecule has 0 spiro atoms. The summed E-state index contributed by atoms with van der Waals surface area (Å²) in [5.41, 5.74) is 15.3. The quantitative estimate of drug-likeness (QED) is 0.0575. The minimum Gasteiger partial charge on any atom is -0.489 e. The number of ether oxygens (including phenoxy) is 5. The molecule has 6 aromatic carbocycles. The zero-order chi connectivity index (χ0) is 40.5. The van der Waals surface area contributed by atoms with E-state index in [1.165, 1.54) is 16.7 Å². The van der Waals surface area contributed by atoms with Crippen LogP contribution in [0.1, 0.15) is 77.1 Å². The molecule has 0 bridgehead atoms. The van der Waals surface area contributed by atoms with Gasteiger partial charge in [0.2, 0.25) is 5.75 Å². The van der Waals surface area contributed by atoms with Crippen LogP contribution in [0.4, 0.5) is 0 Å². The van der Waals surface area contributed by atoms with Crippen LogP contribution in [0.2, 0.25) is 0 Å². The number of hydrogen-bond acceptors (Lipinski definition) is 7. The monoisotopic (exact) mass is 764 g/mol. The minimum atomic E-state index is -0.494. The van der Waals surface area contributed by atoms with Crippen molar-refractivity contribution in [3.8, 4) is 28.7 Å². The molecule has 0 radical (unpaired) electrons. The topological polar surface area (TPSA) is 101 Å². The Bertz CT molecular complexity index is 2190. The fraction of sp³-hybridized carbons (Fsp3) is 0.245. The predicted molar refractivity (Wildman–Crippen MR) is 225 cm³/mol. The number of hydrogen-bond donors (Lipinski definition) is 2. The van der Waals surface area contributed by atoms with Gasteiger partial charge in [-0.1, -0.05) is 84.9 Å². The van der Waals surface area contributed by atoms with Crippen LogP contribution >= 0.6 is 0 Å². The van der Waals surface area contributed by atoms with Crippen LogP contribution in [0.5, 0.6) is 28.7 Å². The zero-order valence-corrected chi connectivity index (χ0v) is 34.0. The Hall–Kier alpha value is -6.25. The molecule has 8 heteroatoms. The smallest absolute Gasteiger partial charge is 0.265 e. The lowest BCUT2D eigenvalue weighted by Crippen LogP contribution is -2.30. The summed E-state index contributed by atoms with van der Waals surface area (Å²) in [6.07, 6.45) is 0. The highest BCUT2D eigenvalue weighted by Gasteiger charge is 2.21. The summed E-state index contributed by atoms with van der Waals surface area (Å²) in [6.45, 7) is 16.0. The first kappa shape index (κ1) is 40.4. The van der Waals surface area contributed by atoms with E-state index in [4.69, 9.17) is 29.5 Å². The van der Waals surface area contributed by atoms with Crippen molar-refractivity contribution < 1.29 is 28.5 Å². The van der Waals surface area contributed by atoms with Crippen LogP contribution in [0.25, 0.3) is 0 Å². The largest absolute Gasteiger partial charge is 0.489 e. The van der Waals surface area contributed by atoms with Crippen molar-refractivity contribution in [2.24, 2.45) is 5.84 Å². The predicted octanol–water partition coefficient (Wildman–Crippen LogP) is 10.3. The highest BCUT2D eigenvalue weighted by molar-refractivity contribution is 5.95. The van der Waals surface area contributed by atoms with E-state index in [9.17, 15) is 4.79 Å². The van der Waals surface area contributed by atoms with E-state index < -0.39 is 5.91 Å². The first-order valence-corrected chi connectivity index (χ1v) is 19.2. The molecule has 6 aromatic rings. The number of carbonyl (C=O) groups is 1. The molecular weight excluding hydrogens is 713 g/mol. The van der Waals surface area contributed by atoms with Crippen molar-refractivity contribution in [3.63, 3.8) is 0 Å². The van der Waals surface area contributed by atoms with Gasteiger partial charge >= 0.3 is 0 Å². The Morgan fingerprint density at radius 3 is 1.21 bits per heavy atom. The second-order valence-electron chi connectivity index (χ2n) is 14.6. The number of hydrazine groups is 1. The fourth-order valence-corrected chi connectivity index (χ4v) is 6.57. The van der Waals surface area contributed by atoms with Crippen LogP contribution in [0.15, 0.2) is 109 Å². The maximum atomic E-state index is 13.1. The Balaban J connectivity index is 1.32. The summed E-state index contributed by atoms with van der Waals surface area (Å²) in [7, 11) is 0. The summed E-state index contributed by atoms with van der Waals surface area (Å²) in [5.74, 6) is 7.75. The van der Waals surface area contributed by atoms with Gasteiger partial charge in [-0.15, -0.1) is 0 Å². The third-order valence-electron chi connectivity index (χ3n) is 10.4. The second kappa shape index (κ2) is 18.6. The maximum absolute atomic E-state index is 13.1. The summed E-state index contributed by atoms with van der Waals surface area (Å²) in [4.78, 5) is 13.1. The van der Waals surface area contributed by atoms with Gasteiger partial charge in [-0.2, -0.15) is 0 Å². The highest BCUT2D eigenvalue weighted by Crippen LogP contribution is 2.41. The second-order valence-corrected chi connectivity index (χ2v) is 14.6. The zero-order valence-electron chi connectivity index (χ0n) is 34.0. The molecule has 0 aliphatic heterocycles. The van der Waals surface area contributed by atoms with Gasteiger partial charge in [-0.3, -0.25) is 10.2 Å². The molecule has 0 heterocycles. The number of rotatable bonds is 16. The summed E-state index contributed by atoms with van der Waals surface area (Å²) < 4.78 is 32.2. The molecule has 0 aromatic heterocycles. The SMILES string of the molecule is Cc1cc(COc2c(OCc3cc(C)c(C)c(OCc4ccccc4)c3)cc(C(=O)NN)cc2OCc2cc(C)c(C)c(OCc3ccccc3)c2)cc(C)c1C. The standard InChI is InChI=1S/C49H52N2O6/c1-31-18-40(19-32(2)35(31)5)30-57-48-46(55-28-41-20-33(3)36(6)44(22-41)53-26-38-14-10-8-11-15-38)24-43(49(52)51-50)25-47(48)56-29-42-21-34(4)37(7)45(23-42)54-27-39-16-12-9-13-17-39/h8-25H,26-30,50H2,1-7H3,(H,51,52). The molecule has 0 aliphatic carbocycles. The highest BCUT2D eigenvalue weighted by atomic mass is 16.5. The summed E-state index contributed by atoms with van der Waals surface area (Å²) in [5, 5.41) is 0. The molecule has 294 valence electrons. The first-order valence-electron chi connectivity index (χ1n) is 19.2. The number of nitrogen functional groups attached to an aromatic ring is 1. The number of nitrogens with one attached hydrogen (secondary N) is 1. The molecule has 6 rings (SSSR count). The van der Waals surface area contributed by atoms with Crippen molar-refractivity contribution in [2.75, 3.05) is 0 Å². The molecule has 1 amide bonds. The average Bonchev–Trinajstić information content (AvgIpc) is 3.22. The number of carbonyl (C=O) groups excluding carboxylic acids is 1. The lowest BCUT2D eigenvalue weighted by atomic mass is 10.0. The van der Waals surface area contributed by atoms with Gasteiger partial charge in [0.1, 0.15) is 44.5 Å². The van der Waals surface area contributed by atoms with Gasteiger partial charge in [-0.05, 0) is 139 Å². The summed E-state index contributed by atoms with van der Waals surface area (Å²) in [6, 6.07) is 35.8. The van der Waals surface area contributed by atoms with Crippen molar-refractivity contribution in [3.05, 3.63) is 182 Å². The Morgan fingerprint density at radius 1 is 0.439 bits per heavy atom. The van der Waals surface area contributed by atoms with E-state index in [0.29, 0.717) is 30.5 Å². The minimum absolute atomic E-state index is 0.175. The normalized spacial score (nSPS) is 10.9. The van der Waals surface area contributed by atoms with Gasteiger partial charge in [0, 0.05) is 5.56 Å². The maximum Gasteiger partial charge on any atom is 0.265 e. The van der Waals surface area contributed by atoms with Gasteiger partial charge < -0.3 is 23.7 Å². The molecule has 8 nitrogen and oxygen atoms in total. The van der Waals surface area contributed by atoms with Crippen LogP contribution < -0.4 is 35.0 Å². The number of benzene rings is 6. The van der Waals surface area contributed by atoms with E-state index in [2.05, 4.69) is 64.3 Å². The fourth-order valence-electron chi connectivity index (χ4n) is 6.57. The van der Waals surface area contributed by atoms with Crippen molar-refractivity contribution >= 4 is 5.91 Å². The Labute approximate surface area is 336 Å². The van der Waals surface area contributed by atoms with Gasteiger partial charge in [0.15, 0.2) is 11.5 Å². The van der Waals surface area contributed by atoms with E-state index in [1.807, 2.05) is 86.6 Å². The van der Waals surface area contributed by atoms with E-state index >= 15 is 0 Å². The molecule has 0 atom stereocenters. The molecular formula is C49H52N2O6. The number of aryl methyl sites for hydroxylation is 4. The number of amides is 1. The average molecular weight is 765 g/mol. The Kier molecular flexibility index (Phi) is 13.2. The van der Waals surface area contributed by atoms with E-state index in [-0.39, 0.29) is 25.4 Å². The first-order chi connectivity index (χ1) is 27.5. The summed E-state index contributed by atoms with van der Waals surface area (Å²) >= 11 is 0. The van der Waals surface area contributed by atoms with Crippen molar-refractivity contribution in [1.82, 2.24) is 5.43 Å².